The molecule has 0 spiro atoms. The number of hydrogen-bond acceptors (Lipinski definition) is 2. The topological polar surface area (TPSA) is 40.5 Å². The van der Waals surface area contributed by atoms with Gasteiger partial charge in [-0.3, -0.25) is 10.0 Å². The summed E-state index contributed by atoms with van der Waals surface area (Å²) in [4.78, 5) is 10.4. The molecule has 52 valence electrons. The van der Waals surface area contributed by atoms with Crippen LogP contribution >= 0.6 is 0 Å². The zero-order valence-corrected chi connectivity index (χ0v) is 5.66. The van der Waals surface area contributed by atoms with E-state index in [4.69, 9.17) is 5.21 Å². The summed E-state index contributed by atoms with van der Waals surface area (Å²) >= 11 is 0. The van der Waals surface area contributed by atoms with Crippen molar-refractivity contribution < 1.29 is 10.0 Å². The molecule has 3 nitrogen and oxygen atoms in total. The minimum Gasteiger partial charge on any atom is -0.285 e. The van der Waals surface area contributed by atoms with Crippen molar-refractivity contribution in [2.45, 2.75) is 19.9 Å². The van der Waals surface area contributed by atoms with Crippen molar-refractivity contribution in [1.82, 2.24) is 5.06 Å². The van der Waals surface area contributed by atoms with Gasteiger partial charge in [-0.2, -0.15) is 0 Å². The Bertz CT molecular complexity index is 122. The Morgan fingerprint density at radius 2 is 2.33 bits per heavy atom. The fourth-order valence-electron chi connectivity index (χ4n) is 0.387. The molecule has 1 unspecified atom stereocenters. The minimum atomic E-state index is -0.373. The monoisotopic (exact) mass is 129 g/mol. The second-order valence-corrected chi connectivity index (χ2v) is 1.84. The van der Waals surface area contributed by atoms with Gasteiger partial charge in [-0.15, -0.1) is 6.58 Å². The highest BCUT2D eigenvalue weighted by Gasteiger charge is 2.08. The van der Waals surface area contributed by atoms with Crippen molar-refractivity contribution >= 4 is 5.91 Å². The highest BCUT2D eigenvalue weighted by Crippen LogP contribution is 1.94. The predicted octanol–water partition coefficient (Wildman–Crippen LogP) is 0.799. The number of hydrogen-bond donors (Lipinski definition) is 1. The Kier molecular flexibility index (Phi) is 2.95. The zero-order valence-electron chi connectivity index (χ0n) is 5.66. The van der Waals surface area contributed by atoms with Crippen LogP contribution in [0.2, 0.25) is 0 Å². The Balaban J connectivity index is 3.86. The van der Waals surface area contributed by atoms with Gasteiger partial charge in [0.05, 0.1) is 6.04 Å². The summed E-state index contributed by atoms with van der Waals surface area (Å²) in [6.07, 6.45) is 1.49. The molecular weight excluding hydrogens is 118 g/mol. The van der Waals surface area contributed by atoms with E-state index in [1.807, 2.05) is 0 Å². The van der Waals surface area contributed by atoms with Crippen LogP contribution in [0.1, 0.15) is 13.8 Å². The number of rotatable bonds is 2. The quantitative estimate of drug-likeness (QED) is 0.340. The predicted molar refractivity (Wildman–Crippen MR) is 34.0 cm³/mol. The zero-order chi connectivity index (χ0) is 7.44. The van der Waals surface area contributed by atoms with Gasteiger partial charge in [-0.1, -0.05) is 6.08 Å². The number of carbonyl (C=O) groups is 1. The van der Waals surface area contributed by atoms with E-state index >= 15 is 0 Å². The van der Waals surface area contributed by atoms with Gasteiger partial charge in [-0.05, 0) is 6.92 Å². The van der Waals surface area contributed by atoms with E-state index in [1.165, 1.54) is 13.0 Å². The van der Waals surface area contributed by atoms with Crippen LogP contribution in [0, 0.1) is 0 Å². The van der Waals surface area contributed by atoms with E-state index in [-0.39, 0.29) is 11.9 Å². The minimum absolute atomic E-state index is 0.303. The third-order valence-electron chi connectivity index (χ3n) is 1.05. The molecule has 0 bridgehead atoms. The first kappa shape index (κ1) is 8.17. The Morgan fingerprint density at radius 1 is 1.89 bits per heavy atom. The summed E-state index contributed by atoms with van der Waals surface area (Å²) in [5.74, 6) is -0.373. The fourth-order valence-corrected chi connectivity index (χ4v) is 0.387. The fraction of sp³-hybridized carbons (Fsp3) is 0.500. The molecule has 0 radical (unpaired) electrons. The van der Waals surface area contributed by atoms with E-state index in [2.05, 4.69) is 6.58 Å². The molecule has 0 fully saturated rings. The number of nitrogens with zero attached hydrogens (tertiary/aromatic N) is 1. The van der Waals surface area contributed by atoms with E-state index in [0.29, 0.717) is 5.06 Å². The van der Waals surface area contributed by atoms with Crippen LogP contribution in [0.3, 0.4) is 0 Å². The van der Waals surface area contributed by atoms with E-state index in [0.717, 1.165) is 0 Å². The first-order valence-electron chi connectivity index (χ1n) is 2.70. The Hall–Kier alpha value is -0.830. The van der Waals surface area contributed by atoms with E-state index in [1.54, 1.807) is 6.92 Å². The standard InChI is InChI=1S/C6H11NO2/c1-4-5(2)7(9)6(3)8/h4-5,9H,1H2,2-3H3. The van der Waals surface area contributed by atoms with E-state index in [9.17, 15) is 4.79 Å². The molecule has 0 aliphatic carbocycles. The van der Waals surface area contributed by atoms with Gasteiger partial charge in [0.1, 0.15) is 0 Å². The lowest BCUT2D eigenvalue weighted by Gasteiger charge is -2.16. The van der Waals surface area contributed by atoms with Crippen molar-refractivity contribution in [3.63, 3.8) is 0 Å². The van der Waals surface area contributed by atoms with Crippen molar-refractivity contribution in [3.05, 3.63) is 12.7 Å². The molecule has 0 saturated heterocycles. The van der Waals surface area contributed by atoms with Gasteiger partial charge in [0, 0.05) is 6.92 Å². The lowest BCUT2D eigenvalue weighted by molar-refractivity contribution is -0.167. The lowest BCUT2D eigenvalue weighted by atomic mass is 10.3. The van der Waals surface area contributed by atoms with Crippen molar-refractivity contribution in [3.8, 4) is 0 Å². The summed E-state index contributed by atoms with van der Waals surface area (Å²) in [7, 11) is 0. The first-order chi connectivity index (χ1) is 4.09. The molecule has 1 atom stereocenters. The van der Waals surface area contributed by atoms with Gasteiger partial charge < -0.3 is 0 Å². The smallest absolute Gasteiger partial charge is 0.243 e. The molecule has 0 rings (SSSR count). The van der Waals surface area contributed by atoms with Crippen LogP contribution < -0.4 is 0 Å². The van der Waals surface area contributed by atoms with Gasteiger partial charge in [0.2, 0.25) is 5.91 Å². The molecule has 0 aromatic rings. The molecule has 1 N–H and O–H groups in total. The molecule has 1 amide bonds. The molecule has 9 heavy (non-hydrogen) atoms. The van der Waals surface area contributed by atoms with Gasteiger partial charge in [-0.25, -0.2) is 5.06 Å². The molecule has 0 aliphatic heterocycles. The van der Waals surface area contributed by atoms with Gasteiger partial charge in [0.25, 0.3) is 0 Å². The second kappa shape index (κ2) is 3.25. The highest BCUT2D eigenvalue weighted by atomic mass is 16.5. The maximum Gasteiger partial charge on any atom is 0.243 e. The van der Waals surface area contributed by atoms with Crippen LogP contribution in [0.5, 0.6) is 0 Å². The number of hydroxylamine groups is 2. The molecule has 3 heteroatoms. The van der Waals surface area contributed by atoms with Crippen molar-refractivity contribution in [2.75, 3.05) is 0 Å². The van der Waals surface area contributed by atoms with Gasteiger partial charge in [0.15, 0.2) is 0 Å². The highest BCUT2D eigenvalue weighted by molar-refractivity contribution is 5.72. The molecule has 0 saturated carbocycles. The maximum atomic E-state index is 10.4. The summed E-state index contributed by atoms with van der Waals surface area (Å²) in [6.45, 7) is 6.38. The normalized spacial score (nSPS) is 12.3. The van der Waals surface area contributed by atoms with Crippen molar-refractivity contribution in [2.24, 2.45) is 0 Å². The lowest BCUT2D eigenvalue weighted by Crippen LogP contribution is -2.32. The first-order valence-corrected chi connectivity index (χ1v) is 2.70. The third-order valence-corrected chi connectivity index (χ3v) is 1.05. The number of amides is 1. The molecule has 0 aromatic heterocycles. The SMILES string of the molecule is C=CC(C)N(O)C(C)=O. The summed E-state index contributed by atoms with van der Waals surface area (Å²) in [5.41, 5.74) is 0. The molecule has 0 aromatic carbocycles. The molecule has 0 aliphatic rings. The van der Waals surface area contributed by atoms with Crippen LogP contribution in [0.25, 0.3) is 0 Å². The van der Waals surface area contributed by atoms with E-state index < -0.39 is 0 Å². The van der Waals surface area contributed by atoms with Crippen LogP contribution in [-0.4, -0.2) is 22.2 Å². The number of carbonyl (C=O) groups excluding carboxylic acids is 1. The average Bonchev–Trinajstić information content (AvgIpc) is 1.84. The largest absolute Gasteiger partial charge is 0.285 e. The molecular formula is C6H11NO2. The molecule has 0 heterocycles. The summed E-state index contributed by atoms with van der Waals surface area (Å²) < 4.78 is 0. The Labute approximate surface area is 54.5 Å². The Morgan fingerprint density at radius 3 is 2.44 bits per heavy atom. The van der Waals surface area contributed by atoms with Crippen LogP contribution in [-0.2, 0) is 4.79 Å². The van der Waals surface area contributed by atoms with Gasteiger partial charge >= 0.3 is 0 Å². The second-order valence-electron chi connectivity index (χ2n) is 1.84. The van der Waals surface area contributed by atoms with Crippen LogP contribution in [0.4, 0.5) is 0 Å². The maximum absolute atomic E-state index is 10.4. The van der Waals surface area contributed by atoms with Crippen LogP contribution in [0.15, 0.2) is 12.7 Å². The van der Waals surface area contributed by atoms with Crippen molar-refractivity contribution in [1.29, 1.82) is 0 Å². The third kappa shape index (κ3) is 2.28. The summed E-state index contributed by atoms with van der Waals surface area (Å²) in [5, 5.41) is 9.44. The summed E-state index contributed by atoms with van der Waals surface area (Å²) in [6, 6.07) is -0.303. The average molecular weight is 129 g/mol.